The number of carbonyl (C=O) groups excluding carboxylic acids is 1. The van der Waals surface area contributed by atoms with E-state index in [0.717, 1.165) is 31.5 Å². The first-order valence-corrected chi connectivity index (χ1v) is 5.71. The van der Waals surface area contributed by atoms with Crippen LogP contribution < -0.4 is 5.32 Å². The molecule has 1 aliphatic rings. The van der Waals surface area contributed by atoms with Gasteiger partial charge in [0.15, 0.2) is 0 Å². The fourth-order valence-corrected chi connectivity index (χ4v) is 2.11. The van der Waals surface area contributed by atoms with Crippen LogP contribution in [0.15, 0.2) is 18.2 Å². The third-order valence-corrected chi connectivity index (χ3v) is 2.82. The Kier molecular flexibility index (Phi) is 3.25. The number of hydrogen-bond acceptors (Lipinski definition) is 2. The van der Waals surface area contributed by atoms with E-state index in [1.165, 1.54) is 11.1 Å². The Balaban J connectivity index is 2.30. The molecule has 3 heteroatoms. The van der Waals surface area contributed by atoms with Gasteiger partial charge in [0.1, 0.15) is 0 Å². The second-order valence-corrected chi connectivity index (χ2v) is 4.59. The summed E-state index contributed by atoms with van der Waals surface area (Å²) >= 11 is 0. The highest BCUT2D eigenvalue weighted by Gasteiger charge is 2.14. The molecule has 1 heterocycles. The van der Waals surface area contributed by atoms with Crippen LogP contribution in [0.1, 0.15) is 27.9 Å². The highest BCUT2D eigenvalue weighted by Crippen LogP contribution is 2.17. The highest BCUT2D eigenvalue weighted by molar-refractivity contribution is 5.96. The number of amides is 1. The summed E-state index contributed by atoms with van der Waals surface area (Å²) in [5.41, 5.74) is 3.31. The van der Waals surface area contributed by atoms with Crippen LogP contribution in [0.25, 0.3) is 0 Å². The Morgan fingerprint density at radius 1 is 1.38 bits per heavy atom. The van der Waals surface area contributed by atoms with Crippen molar-refractivity contribution in [3.63, 3.8) is 0 Å². The van der Waals surface area contributed by atoms with Gasteiger partial charge in [0, 0.05) is 18.7 Å². The largest absolute Gasteiger partial charge is 0.352 e. The average Bonchev–Trinajstić information content (AvgIpc) is 2.40. The summed E-state index contributed by atoms with van der Waals surface area (Å²) in [6.07, 6.45) is 2.03. The molecule has 86 valence electrons. The molecule has 16 heavy (non-hydrogen) atoms. The number of nitrogens with one attached hydrogen (secondary N) is 1. The van der Waals surface area contributed by atoms with E-state index < -0.39 is 0 Å². The van der Waals surface area contributed by atoms with E-state index in [2.05, 4.69) is 30.4 Å². The third kappa shape index (κ3) is 2.42. The molecule has 0 aliphatic carbocycles. The first-order chi connectivity index (χ1) is 7.66. The van der Waals surface area contributed by atoms with Crippen molar-refractivity contribution in [1.29, 1.82) is 0 Å². The summed E-state index contributed by atoms with van der Waals surface area (Å²) in [4.78, 5) is 13.9. The molecule has 1 aromatic rings. The Bertz CT molecular complexity index is 399. The van der Waals surface area contributed by atoms with Gasteiger partial charge in [-0.15, -0.1) is 0 Å². The molecule has 0 saturated carbocycles. The first kappa shape index (κ1) is 11.1. The molecule has 0 bridgehead atoms. The van der Waals surface area contributed by atoms with Crippen molar-refractivity contribution in [2.45, 2.75) is 19.4 Å². The van der Waals surface area contributed by atoms with Crippen LogP contribution in [0.5, 0.6) is 0 Å². The Morgan fingerprint density at radius 2 is 2.19 bits per heavy atom. The normalized spacial score (nSPS) is 15.6. The molecule has 1 amide bonds. The monoisotopic (exact) mass is 218 g/mol. The maximum absolute atomic E-state index is 11.7. The molecule has 1 aromatic carbocycles. The van der Waals surface area contributed by atoms with Gasteiger partial charge < -0.3 is 10.2 Å². The molecule has 0 saturated heterocycles. The molecular formula is C13H18N2O. The minimum Gasteiger partial charge on any atom is -0.352 e. The van der Waals surface area contributed by atoms with Gasteiger partial charge in [0.25, 0.3) is 5.91 Å². The zero-order chi connectivity index (χ0) is 11.5. The number of benzene rings is 1. The Morgan fingerprint density at radius 3 is 2.94 bits per heavy atom. The molecule has 0 fully saturated rings. The van der Waals surface area contributed by atoms with Crippen molar-refractivity contribution >= 4 is 5.91 Å². The fraction of sp³-hybridized carbons (Fsp3) is 0.462. The second-order valence-electron chi connectivity index (χ2n) is 4.59. The van der Waals surface area contributed by atoms with Crippen LogP contribution in [0.3, 0.4) is 0 Å². The van der Waals surface area contributed by atoms with Gasteiger partial charge in [0.05, 0.1) is 0 Å². The lowest BCUT2D eigenvalue weighted by Crippen LogP contribution is -2.22. The van der Waals surface area contributed by atoms with E-state index in [4.69, 9.17) is 0 Å². The fourth-order valence-electron chi connectivity index (χ4n) is 2.11. The number of hydrogen-bond donors (Lipinski definition) is 1. The number of aryl methyl sites for hydroxylation is 1. The zero-order valence-electron chi connectivity index (χ0n) is 9.92. The summed E-state index contributed by atoms with van der Waals surface area (Å²) in [6, 6.07) is 6.17. The third-order valence-electron chi connectivity index (χ3n) is 2.82. The van der Waals surface area contributed by atoms with E-state index in [9.17, 15) is 4.79 Å². The van der Waals surface area contributed by atoms with E-state index in [0.29, 0.717) is 0 Å². The van der Waals surface area contributed by atoms with Gasteiger partial charge in [-0.05, 0) is 44.1 Å². The lowest BCUT2D eigenvalue weighted by Gasteiger charge is -2.12. The Hall–Kier alpha value is -1.35. The lowest BCUT2D eigenvalue weighted by molar-refractivity contribution is 0.0956. The van der Waals surface area contributed by atoms with Gasteiger partial charge in [0.2, 0.25) is 0 Å². The van der Waals surface area contributed by atoms with Crippen molar-refractivity contribution in [2.75, 3.05) is 20.6 Å². The van der Waals surface area contributed by atoms with E-state index in [1.807, 2.05) is 12.1 Å². The Labute approximate surface area is 96.5 Å². The topological polar surface area (TPSA) is 32.3 Å². The lowest BCUT2D eigenvalue weighted by atomic mass is 10.0. The molecule has 3 nitrogen and oxygen atoms in total. The number of nitrogens with zero attached hydrogens (tertiary/aromatic N) is 1. The summed E-state index contributed by atoms with van der Waals surface area (Å²) < 4.78 is 0. The van der Waals surface area contributed by atoms with Crippen molar-refractivity contribution < 1.29 is 4.79 Å². The van der Waals surface area contributed by atoms with Gasteiger partial charge >= 0.3 is 0 Å². The van der Waals surface area contributed by atoms with Gasteiger partial charge in [-0.2, -0.15) is 0 Å². The SMILES string of the molecule is CN(C)Cc1ccc2c(c1)CCCNC2=O. The molecule has 0 aromatic heterocycles. The smallest absolute Gasteiger partial charge is 0.251 e. The van der Waals surface area contributed by atoms with Gasteiger partial charge in [-0.3, -0.25) is 4.79 Å². The van der Waals surface area contributed by atoms with Crippen molar-refractivity contribution in [2.24, 2.45) is 0 Å². The standard InChI is InChI=1S/C13H18N2O/c1-15(2)9-10-5-6-12-11(8-10)4-3-7-14-13(12)16/h5-6,8H,3-4,7,9H2,1-2H3,(H,14,16). The van der Waals surface area contributed by atoms with Crippen LogP contribution in [0.4, 0.5) is 0 Å². The predicted molar refractivity (Wildman–Crippen MR) is 64.5 cm³/mol. The van der Waals surface area contributed by atoms with Crippen molar-refractivity contribution in [3.05, 3.63) is 34.9 Å². The summed E-state index contributed by atoms with van der Waals surface area (Å²) in [5.74, 6) is 0.0731. The molecule has 1 aliphatic heterocycles. The minimum atomic E-state index is 0.0731. The molecule has 0 atom stereocenters. The molecule has 2 rings (SSSR count). The second kappa shape index (κ2) is 4.66. The maximum atomic E-state index is 11.7. The van der Waals surface area contributed by atoms with Crippen LogP contribution in [0.2, 0.25) is 0 Å². The predicted octanol–water partition coefficient (Wildman–Crippen LogP) is 1.42. The summed E-state index contributed by atoms with van der Waals surface area (Å²) in [7, 11) is 4.11. The van der Waals surface area contributed by atoms with Gasteiger partial charge in [-0.25, -0.2) is 0 Å². The van der Waals surface area contributed by atoms with E-state index >= 15 is 0 Å². The number of rotatable bonds is 2. The highest BCUT2D eigenvalue weighted by atomic mass is 16.1. The molecule has 0 radical (unpaired) electrons. The molecule has 0 spiro atoms. The van der Waals surface area contributed by atoms with Crippen LogP contribution in [0, 0.1) is 0 Å². The average molecular weight is 218 g/mol. The number of fused-ring (bicyclic) bond motifs is 1. The van der Waals surface area contributed by atoms with Crippen molar-refractivity contribution in [1.82, 2.24) is 10.2 Å². The molecule has 0 unspecified atom stereocenters. The van der Waals surface area contributed by atoms with E-state index in [1.54, 1.807) is 0 Å². The molecular weight excluding hydrogens is 200 g/mol. The first-order valence-electron chi connectivity index (χ1n) is 5.71. The quantitative estimate of drug-likeness (QED) is 0.814. The van der Waals surface area contributed by atoms with Gasteiger partial charge in [-0.1, -0.05) is 12.1 Å². The maximum Gasteiger partial charge on any atom is 0.251 e. The van der Waals surface area contributed by atoms with E-state index in [-0.39, 0.29) is 5.91 Å². The van der Waals surface area contributed by atoms with Crippen LogP contribution in [-0.4, -0.2) is 31.4 Å². The molecule has 1 N–H and O–H groups in total. The van der Waals surface area contributed by atoms with Crippen LogP contribution in [-0.2, 0) is 13.0 Å². The summed E-state index contributed by atoms with van der Waals surface area (Å²) in [6.45, 7) is 1.71. The number of carbonyl (C=O) groups is 1. The van der Waals surface area contributed by atoms with Crippen molar-refractivity contribution in [3.8, 4) is 0 Å². The van der Waals surface area contributed by atoms with Crippen LogP contribution >= 0.6 is 0 Å². The summed E-state index contributed by atoms with van der Waals surface area (Å²) in [5, 5.41) is 2.91. The zero-order valence-corrected chi connectivity index (χ0v) is 9.92. The minimum absolute atomic E-state index is 0.0731.